The Labute approximate surface area is 224 Å². The molecule has 0 aromatic heterocycles. The third-order valence-corrected chi connectivity index (χ3v) is 9.28. The highest BCUT2D eigenvalue weighted by atomic mass is 79.9. The number of nitrogens with zero attached hydrogens (tertiary/aromatic N) is 1. The molecule has 1 heterocycles. The van der Waals surface area contributed by atoms with Gasteiger partial charge in [-0.2, -0.15) is 0 Å². The number of ether oxygens (including phenoxy) is 3. The summed E-state index contributed by atoms with van der Waals surface area (Å²) >= 11 is 3.67. The van der Waals surface area contributed by atoms with Gasteiger partial charge in [-0.3, -0.25) is 4.79 Å². The van der Waals surface area contributed by atoms with Crippen LogP contribution in [-0.4, -0.2) is 56.4 Å². The summed E-state index contributed by atoms with van der Waals surface area (Å²) in [6.07, 6.45) is 8.66. The number of benzene rings is 1. The van der Waals surface area contributed by atoms with Crippen LogP contribution in [0.5, 0.6) is 11.5 Å². The molecule has 1 aromatic rings. The van der Waals surface area contributed by atoms with Crippen molar-refractivity contribution in [2.24, 2.45) is 23.2 Å². The number of halogens is 2. The molecule has 1 aliphatic heterocycles. The van der Waals surface area contributed by atoms with Crippen LogP contribution in [0.1, 0.15) is 57.9 Å². The highest BCUT2D eigenvalue weighted by molar-refractivity contribution is 9.10. The van der Waals surface area contributed by atoms with Gasteiger partial charge in [-0.05, 0) is 109 Å². The summed E-state index contributed by atoms with van der Waals surface area (Å²) in [5.74, 6) is 4.16. The minimum Gasteiger partial charge on any atom is -0.490 e. The minimum absolute atomic E-state index is 0. The lowest BCUT2D eigenvalue weighted by Crippen LogP contribution is -2.54. The molecular weight excluding hydrogens is 532 g/mol. The van der Waals surface area contributed by atoms with Crippen LogP contribution < -0.4 is 14.8 Å². The Hall–Kier alpha value is -1.02. The number of hydrogen-bond donors (Lipinski definition) is 1. The Morgan fingerprint density at radius 2 is 1.77 bits per heavy atom. The molecule has 4 saturated carbocycles. The van der Waals surface area contributed by atoms with Crippen LogP contribution in [0.3, 0.4) is 0 Å². The number of carbonyl (C=O) groups excluding carboxylic acids is 1. The molecule has 5 fully saturated rings. The normalized spacial score (nSPS) is 30.0. The van der Waals surface area contributed by atoms with Crippen LogP contribution in [0.2, 0.25) is 0 Å². The molecule has 1 aromatic carbocycles. The summed E-state index contributed by atoms with van der Waals surface area (Å²) in [7, 11) is 0. The second kappa shape index (κ2) is 11.6. The van der Waals surface area contributed by atoms with Crippen LogP contribution in [0, 0.1) is 23.2 Å². The van der Waals surface area contributed by atoms with Gasteiger partial charge in [0.15, 0.2) is 18.1 Å². The fourth-order valence-corrected chi connectivity index (χ4v) is 7.96. The van der Waals surface area contributed by atoms with Crippen LogP contribution in [0.25, 0.3) is 0 Å². The van der Waals surface area contributed by atoms with Crippen molar-refractivity contribution in [1.82, 2.24) is 10.2 Å². The van der Waals surface area contributed by atoms with E-state index in [9.17, 15) is 4.79 Å². The van der Waals surface area contributed by atoms with Gasteiger partial charge < -0.3 is 24.4 Å². The number of rotatable bonds is 9. The third-order valence-electron chi connectivity index (χ3n) is 8.69. The molecule has 196 valence electrons. The molecule has 35 heavy (non-hydrogen) atoms. The van der Waals surface area contributed by atoms with Gasteiger partial charge in [0.05, 0.1) is 24.3 Å². The Bertz CT molecular complexity index is 857. The van der Waals surface area contributed by atoms with E-state index in [1.807, 2.05) is 6.92 Å². The number of morpholine rings is 1. The van der Waals surface area contributed by atoms with Crippen molar-refractivity contribution in [2.45, 2.75) is 65.0 Å². The van der Waals surface area contributed by atoms with Crippen molar-refractivity contribution in [3.05, 3.63) is 22.2 Å². The van der Waals surface area contributed by atoms with Gasteiger partial charge in [0.25, 0.3) is 5.91 Å². The highest BCUT2D eigenvalue weighted by Crippen LogP contribution is 2.61. The van der Waals surface area contributed by atoms with E-state index in [4.69, 9.17) is 14.2 Å². The van der Waals surface area contributed by atoms with Crippen LogP contribution >= 0.6 is 28.3 Å². The molecule has 6 nitrogen and oxygen atoms in total. The van der Waals surface area contributed by atoms with Crippen LogP contribution in [-0.2, 0) is 16.1 Å². The van der Waals surface area contributed by atoms with Crippen molar-refractivity contribution < 1.29 is 19.0 Å². The van der Waals surface area contributed by atoms with Gasteiger partial charge >= 0.3 is 0 Å². The number of hydrogen-bond acceptors (Lipinski definition) is 5. The lowest BCUT2D eigenvalue weighted by Gasteiger charge is -2.59. The predicted molar refractivity (Wildman–Crippen MR) is 142 cm³/mol. The average molecular weight is 572 g/mol. The van der Waals surface area contributed by atoms with Gasteiger partial charge in [-0.25, -0.2) is 0 Å². The Balaban J connectivity index is 0.00000289. The van der Waals surface area contributed by atoms with Crippen molar-refractivity contribution in [2.75, 3.05) is 39.5 Å². The number of nitrogens with one attached hydrogen (secondary N) is 1. The van der Waals surface area contributed by atoms with Gasteiger partial charge in [-0.15, -0.1) is 12.4 Å². The second-order valence-electron chi connectivity index (χ2n) is 11.0. The minimum atomic E-state index is -0.0206. The zero-order valence-electron chi connectivity index (χ0n) is 21.0. The fourth-order valence-electron chi connectivity index (χ4n) is 7.36. The fraction of sp³-hybridized carbons (Fsp3) is 0.741. The first-order chi connectivity index (χ1) is 16.5. The first-order valence-corrected chi connectivity index (χ1v) is 13.9. The summed E-state index contributed by atoms with van der Waals surface area (Å²) in [6, 6.07) is 4.66. The van der Waals surface area contributed by atoms with E-state index in [0.29, 0.717) is 55.9 Å². The van der Waals surface area contributed by atoms with Crippen LogP contribution in [0.15, 0.2) is 16.6 Å². The first-order valence-electron chi connectivity index (χ1n) is 13.1. The predicted octanol–water partition coefficient (Wildman–Crippen LogP) is 5.20. The molecule has 8 heteroatoms. The summed E-state index contributed by atoms with van der Waals surface area (Å²) < 4.78 is 18.0. The third kappa shape index (κ3) is 5.94. The highest BCUT2D eigenvalue weighted by Gasteiger charge is 2.52. The standard InChI is InChI=1S/C27H39BrN2O4.ClH/c1-3-33-24-12-22(11-23(28)26(24)34-17-25(31)30-4-6-32-7-5-30)16-29-18(2)27-13-19-8-20(14-27)10-21(9-19)15-27;/h11-12,18-21,29H,3-10,13-17H2,1-2H3;1H. The number of carbonyl (C=O) groups is 1. The maximum Gasteiger partial charge on any atom is 0.260 e. The summed E-state index contributed by atoms with van der Waals surface area (Å²) in [4.78, 5) is 14.3. The first kappa shape index (κ1) is 27.0. The molecular formula is C27H40BrClN2O4. The van der Waals surface area contributed by atoms with Crippen molar-refractivity contribution in [3.63, 3.8) is 0 Å². The van der Waals surface area contributed by atoms with Crippen molar-refractivity contribution >= 4 is 34.2 Å². The Morgan fingerprint density at radius 3 is 2.37 bits per heavy atom. The molecule has 6 rings (SSSR count). The molecule has 5 aliphatic rings. The molecule has 1 saturated heterocycles. The van der Waals surface area contributed by atoms with Crippen LogP contribution in [0.4, 0.5) is 0 Å². The van der Waals surface area contributed by atoms with Gasteiger partial charge in [0.1, 0.15) is 0 Å². The van der Waals surface area contributed by atoms with E-state index >= 15 is 0 Å². The van der Waals surface area contributed by atoms with Gasteiger partial charge in [-0.1, -0.05) is 0 Å². The Morgan fingerprint density at radius 1 is 1.14 bits per heavy atom. The maximum atomic E-state index is 12.5. The average Bonchev–Trinajstić information content (AvgIpc) is 2.81. The zero-order valence-corrected chi connectivity index (χ0v) is 23.4. The molecule has 0 spiro atoms. The molecule has 1 amide bonds. The van der Waals surface area contributed by atoms with Crippen molar-refractivity contribution in [1.29, 1.82) is 0 Å². The zero-order chi connectivity index (χ0) is 23.7. The molecule has 0 radical (unpaired) electrons. The quantitative estimate of drug-likeness (QED) is 0.441. The van der Waals surface area contributed by atoms with E-state index in [-0.39, 0.29) is 24.9 Å². The molecule has 1 N–H and O–H groups in total. The van der Waals surface area contributed by atoms with E-state index in [1.54, 1.807) is 4.90 Å². The molecule has 1 atom stereocenters. The molecule has 1 unspecified atom stereocenters. The van der Waals surface area contributed by atoms with Gasteiger partial charge in [0, 0.05) is 25.7 Å². The van der Waals surface area contributed by atoms with E-state index in [0.717, 1.165) is 28.8 Å². The second-order valence-corrected chi connectivity index (χ2v) is 11.9. The topological polar surface area (TPSA) is 60.0 Å². The van der Waals surface area contributed by atoms with E-state index in [1.165, 1.54) is 44.1 Å². The lowest BCUT2D eigenvalue weighted by atomic mass is 9.48. The SMILES string of the molecule is CCOc1cc(CNC(C)C23CC4CC(CC(C4)C2)C3)cc(Br)c1OCC(=O)N1CCOCC1.Cl. The largest absolute Gasteiger partial charge is 0.490 e. The summed E-state index contributed by atoms with van der Waals surface area (Å²) in [5.41, 5.74) is 1.65. The Kier molecular flexibility index (Phi) is 8.94. The summed E-state index contributed by atoms with van der Waals surface area (Å²) in [5, 5.41) is 3.88. The smallest absolute Gasteiger partial charge is 0.260 e. The lowest BCUT2D eigenvalue weighted by molar-refractivity contribution is -0.137. The maximum absolute atomic E-state index is 12.5. The van der Waals surface area contributed by atoms with Crippen molar-refractivity contribution in [3.8, 4) is 11.5 Å². The van der Waals surface area contributed by atoms with E-state index in [2.05, 4.69) is 40.3 Å². The monoisotopic (exact) mass is 570 g/mol. The summed E-state index contributed by atoms with van der Waals surface area (Å²) in [6.45, 7) is 8.13. The van der Waals surface area contributed by atoms with E-state index < -0.39 is 0 Å². The number of amides is 1. The molecule has 4 aliphatic carbocycles. The van der Waals surface area contributed by atoms with Gasteiger partial charge in [0.2, 0.25) is 0 Å². The molecule has 4 bridgehead atoms.